The molecule has 0 atom stereocenters. The van der Waals surface area contributed by atoms with Crippen molar-refractivity contribution in [3.63, 3.8) is 0 Å². The van der Waals surface area contributed by atoms with Crippen LogP contribution >= 0.6 is 0 Å². The number of rotatable bonds is 10. The molecule has 0 aliphatic rings. The van der Waals surface area contributed by atoms with E-state index < -0.39 is 17.7 Å². The van der Waals surface area contributed by atoms with Crippen LogP contribution in [0.15, 0.2) is 108 Å². The number of ether oxygens (including phenoxy) is 3. The zero-order valence-electron chi connectivity index (χ0n) is 27.3. The first-order valence-electron chi connectivity index (χ1n) is 15.5. The van der Waals surface area contributed by atoms with Crippen LogP contribution in [0.25, 0.3) is 10.9 Å². The maximum Gasteiger partial charge on any atom is 0.418 e. The number of aromatic nitrogens is 1. The molecule has 0 radical (unpaired) electrons. The maximum absolute atomic E-state index is 12.8. The lowest BCUT2D eigenvalue weighted by molar-refractivity contribution is 0.0544. The number of carbonyl (C=O) groups excluding carboxylic acids is 2. The maximum atomic E-state index is 12.8. The van der Waals surface area contributed by atoms with Crippen molar-refractivity contribution in [1.82, 2.24) is 9.99 Å². The number of hydrogen-bond acceptors (Lipinski definition) is 6. The Balaban J connectivity index is 1.31. The van der Waals surface area contributed by atoms with Gasteiger partial charge >= 0.3 is 12.1 Å². The zero-order chi connectivity index (χ0) is 33.4. The highest BCUT2D eigenvalue weighted by Gasteiger charge is 2.19. The molecule has 5 aromatic rings. The normalized spacial score (nSPS) is 11.5. The first-order valence-corrected chi connectivity index (χ1v) is 15.5. The van der Waals surface area contributed by atoms with E-state index in [-0.39, 0.29) is 5.92 Å². The Morgan fingerprint density at radius 1 is 0.830 bits per heavy atom. The lowest BCUT2D eigenvalue weighted by Gasteiger charge is -2.19. The summed E-state index contributed by atoms with van der Waals surface area (Å²) in [4.78, 5) is 25.4. The van der Waals surface area contributed by atoms with Crippen molar-refractivity contribution in [3.8, 4) is 11.5 Å². The van der Waals surface area contributed by atoms with Crippen LogP contribution in [-0.4, -0.2) is 28.5 Å². The van der Waals surface area contributed by atoms with Gasteiger partial charge in [0, 0.05) is 28.9 Å². The molecule has 242 valence electrons. The summed E-state index contributed by atoms with van der Waals surface area (Å²) in [6.45, 7) is 10.4. The van der Waals surface area contributed by atoms with E-state index in [0.717, 1.165) is 27.8 Å². The van der Waals surface area contributed by atoms with E-state index in [9.17, 15) is 9.59 Å². The number of nitrogens with one attached hydrogen (secondary N) is 2. The molecule has 2 amide bonds. The number of urea groups is 1. The van der Waals surface area contributed by atoms with Crippen LogP contribution in [0.4, 0.5) is 15.3 Å². The Hall–Kier alpha value is -5.57. The second kappa shape index (κ2) is 14.7. The van der Waals surface area contributed by atoms with Gasteiger partial charge in [-0.25, -0.2) is 15.0 Å². The molecule has 5 rings (SSSR count). The Labute approximate surface area is 275 Å². The summed E-state index contributed by atoms with van der Waals surface area (Å²) in [6.07, 6.45) is 2.74. The first kappa shape index (κ1) is 32.8. The van der Waals surface area contributed by atoms with Crippen LogP contribution in [0.1, 0.15) is 62.8 Å². The summed E-state index contributed by atoms with van der Waals surface area (Å²) in [5.41, 5.74) is 6.91. The summed E-state index contributed by atoms with van der Waals surface area (Å²) in [7, 11) is 0. The molecule has 0 aliphatic heterocycles. The topological polar surface area (TPSA) is 103 Å². The van der Waals surface area contributed by atoms with Crippen molar-refractivity contribution >= 4 is 34.9 Å². The minimum atomic E-state index is -0.614. The van der Waals surface area contributed by atoms with Crippen molar-refractivity contribution in [3.05, 3.63) is 126 Å². The number of hydrogen-bond donors (Lipinski definition) is 2. The summed E-state index contributed by atoms with van der Waals surface area (Å²) >= 11 is 0. The lowest BCUT2D eigenvalue weighted by Crippen LogP contribution is -2.26. The van der Waals surface area contributed by atoms with Crippen LogP contribution in [-0.2, 0) is 18.0 Å². The van der Waals surface area contributed by atoms with Gasteiger partial charge in [-0.1, -0.05) is 74.5 Å². The molecule has 2 N–H and O–H groups in total. The summed E-state index contributed by atoms with van der Waals surface area (Å²) in [5.74, 6) is 1.46. The van der Waals surface area contributed by atoms with Crippen LogP contribution in [0.2, 0.25) is 0 Å². The second-order valence-electron chi connectivity index (χ2n) is 12.4. The van der Waals surface area contributed by atoms with Crippen molar-refractivity contribution in [2.75, 3.05) is 5.32 Å². The fourth-order valence-corrected chi connectivity index (χ4v) is 4.88. The minimum Gasteiger partial charge on any atom is -0.488 e. The number of nitrogens with zero attached hydrogens (tertiary/aromatic N) is 2. The molecular formula is C38H40N4O5. The standard InChI is InChI=1S/C38H40N4O5/c1-26(2)32-21-30(34(45-24-27-12-8-6-9-13-27)22-35(32)46-25-28-14-10-7-11-15-28)23-39-41-36(43)40-31-16-17-33-29(20-31)18-19-42(33)37(44)47-38(3,4)5/h6-23,26H,24-25H2,1-5H3,(H2,40,41,43)/b39-23-. The number of anilines is 1. The van der Waals surface area contributed by atoms with Crippen LogP contribution in [0.3, 0.4) is 0 Å². The third-order valence-electron chi connectivity index (χ3n) is 7.15. The third-order valence-corrected chi connectivity index (χ3v) is 7.15. The van der Waals surface area contributed by atoms with Gasteiger partial charge in [-0.3, -0.25) is 4.57 Å². The molecule has 9 heteroatoms. The Kier molecular flexibility index (Phi) is 10.3. The lowest BCUT2D eigenvalue weighted by atomic mass is 9.99. The molecule has 0 bridgehead atoms. The van der Waals surface area contributed by atoms with Gasteiger partial charge in [0.2, 0.25) is 0 Å². The van der Waals surface area contributed by atoms with Crippen molar-refractivity contribution in [2.45, 2.75) is 59.4 Å². The highest BCUT2D eigenvalue weighted by Crippen LogP contribution is 2.34. The molecular weight excluding hydrogens is 592 g/mol. The third kappa shape index (κ3) is 9.00. The van der Waals surface area contributed by atoms with E-state index in [1.165, 1.54) is 4.57 Å². The number of fused-ring (bicyclic) bond motifs is 1. The average molecular weight is 633 g/mol. The number of amides is 2. The van der Waals surface area contributed by atoms with Gasteiger partial charge in [-0.2, -0.15) is 5.10 Å². The van der Waals surface area contributed by atoms with E-state index in [4.69, 9.17) is 14.2 Å². The summed E-state index contributed by atoms with van der Waals surface area (Å²) in [5, 5.41) is 7.79. The van der Waals surface area contributed by atoms with Gasteiger partial charge in [-0.05, 0) is 73.7 Å². The second-order valence-corrected chi connectivity index (χ2v) is 12.4. The highest BCUT2D eigenvalue weighted by molar-refractivity contribution is 5.96. The monoisotopic (exact) mass is 632 g/mol. The van der Waals surface area contributed by atoms with Gasteiger partial charge in [0.05, 0.1) is 11.7 Å². The molecule has 47 heavy (non-hydrogen) atoms. The number of hydrazone groups is 1. The Morgan fingerprint density at radius 3 is 2.09 bits per heavy atom. The first-order chi connectivity index (χ1) is 22.6. The van der Waals surface area contributed by atoms with Gasteiger partial charge in [0.15, 0.2) is 0 Å². The Bertz CT molecular complexity index is 1860. The number of benzene rings is 4. The molecule has 1 heterocycles. The molecule has 0 aliphatic carbocycles. The van der Waals surface area contributed by atoms with Crippen LogP contribution in [0.5, 0.6) is 11.5 Å². The average Bonchev–Trinajstić information content (AvgIpc) is 3.47. The van der Waals surface area contributed by atoms with Crippen LogP contribution < -0.4 is 20.2 Å². The summed E-state index contributed by atoms with van der Waals surface area (Å²) < 4.78 is 19.5. The largest absolute Gasteiger partial charge is 0.488 e. The SMILES string of the molecule is CC(C)c1cc(/C=N\NC(=O)Nc2ccc3c(ccn3C(=O)OC(C)(C)C)c2)c(OCc2ccccc2)cc1OCc1ccccc1. The van der Waals surface area contributed by atoms with Crippen molar-refractivity contribution in [2.24, 2.45) is 5.10 Å². The molecule has 1 aromatic heterocycles. The quantitative estimate of drug-likeness (QED) is 0.118. The van der Waals surface area contributed by atoms with E-state index in [1.54, 1.807) is 36.7 Å². The van der Waals surface area contributed by atoms with Gasteiger partial charge in [0.25, 0.3) is 0 Å². The minimum absolute atomic E-state index is 0.160. The molecule has 0 saturated heterocycles. The number of carbonyl (C=O) groups is 2. The van der Waals surface area contributed by atoms with Crippen molar-refractivity contribution in [1.29, 1.82) is 0 Å². The van der Waals surface area contributed by atoms with Gasteiger partial charge in [0.1, 0.15) is 30.3 Å². The molecule has 0 fully saturated rings. The fraction of sp³-hybridized carbons (Fsp3) is 0.237. The molecule has 0 spiro atoms. The summed E-state index contributed by atoms with van der Waals surface area (Å²) in [6, 6.07) is 30.3. The van der Waals surface area contributed by atoms with E-state index in [1.807, 2.05) is 93.6 Å². The predicted octanol–water partition coefficient (Wildman–Crippen LogP) is 8.86. The van der Waals surface area contributed by atoms with Gasteiger partial charge < -0.3 is 19.5 Å². The highest BCUT2D eigenvalue weighted by atomic mass is 16.6. The molecule has 0 saturated carbocycles. The zero-order valence-corrected chi connectivity index (χ0v) is 27.3. The van der Waals surface area contributed by atoms with E-state index in [2.05, 4.69) is 29.7 Å². The molecule has 9 nitrogen and oxygen atoms in total. The van der Waals surface area contributed by atoms with Gasteiger partial charge in [-0.15, -0.1) is 0 Å². The van der Waals surface area contributed by atoms with Crippen molar-refractivity contribution < 1.29 is 23.8 Å². The Morgan fingerprint density at radius 2 is 1.47 bits per heavy atom. The van der Waals surface area contributed by atoms with Crippen LogP contribution in [0, 0.1) is 0 Å². The molecule has 0 unspecified atom stereocenters. The van der Waals surface area contributed by atoms with E-state index in [0.29, 0.717) is 35.7 Å². The molecule has 4 aromatic carbocycles. The smallest absolute Gasteiger partial charge is 0.418 e. The predicted molar refractivity (Wildman–Crippen MR) is 185 cm³/mol. The van der Waals surface area contributed by atoms with E-state index >= 15 is 0 Å². The fourth-order valence-electron chi connectivity index (χ4n) is 4.88.